The maximum atomic E-state index is 13.0. The van der Waals surface area contributed by atoms with Gasteiger partial charge in [-0.3, -0.25) is 0 Å². The molecule has 0 bridgehead atoms. The van der Waals surface area contributed by atoms with Crippen LogP contribution in [0.25, 0.3) is 0 Å². The molecule has 0 saturated heterocycles. The molecule has 3 N–H and O–H groups in total. The monoisotopic (exact) mass is 291 g/mol. The number of nitrogens with zero attached hydrogens (tertiary/aromatic N) is 1. The molecule has 2 rings (SSSR count). The number of carbonyl (C=O) groups excluding carboxylic acids is 1. The second-order valence-electron chi connectivity index (χ2n) is 5.23. The predicted molar refractivity (Wildman–Crippen MR) is 76.1 cm³/mol. The summed E-state index contributed by atoms with van der Waals surface area (Å²) in [5, 5.41) is 23.6. The van der Waals surface area contributed by atoms with Crippen molar-refractivity contribution >= 4 is 11.7 Å². The molecule has 1 fully saturated rings. The normalized spacial score (nSPS) is 21.4. The van der Waals surface area contributed by atoms with Gasteiger partial charge in [0.2, 0.25) is 0 Å². The number of hydrogen-bond acceptors (Lipinski definition) is 3. The first kappa shape index (κ1) is 15.3. The SMILES string of the molecule is N#Cc1cc(F)ccc1NC(=O)NC1CCCCC1CO. The third kappa shape index (κ3) is 3.92. The minimum atomic E-state index is -0.523. The largest absolute Gasteiger partial charge is 0.396 e. The van der Waals surface area contributed by atoms with Crippen molar-refractivity contribution in [1.82, 2.24) is 5.32 Å². The third-order valence-corrected chi connectivity index (χ3v) is 3.81. The van der Waals surface area contributed by atoms with Crippen molar-refractivity contribution in [1.29, 1.82) is 5.26 Å². The molecule has 1 aliphatic carbocycles. The fourth-order valence-corrected chi connectivity index (χ4v) is 2.66. The Kier molecular flexibility index (Phi) is 5.12. The van der Waals surface area contributed by atoms with E-state index in [2.05, 4.69) is 10.6 Å². The Labute approximate surface area is 122 Å². The summed E-state index contributed by atoms with van der Waals surface area (Å²) in [4.78, 5) is 12.0. The Balaban J connectivity index is 2.00. The summed E-state index contributed by atoms with van der Waals surface area (Å²) >= 11 is 0. The summed E-state index contributed by atoms with van der Waals surface area (Å²) < 4.78 is 13.0. The molecular weight excluding hydrogens is 273 g/mol. The zero-order valence-corrected chi connectivity index (χ0v) is 11.6. The molecule has 1 saturated carbocycles. The number of urea groups is 1. The molecule has 112 valence electrons. The number of rotatable bonds is 3. The van der Waals surface area contributed by atoms with Gasteiger partial charge >= 0.3 is 6.03 Å². The van der Waals surface area contributed by atoms with Gasteiger partial charge in [0.1, 0.15) is 11.9 Å². The molecule has 0 heterocycles. The molecule has 2 amide bonds. The Morgan fingerprint density at radius 1 is 1.43 bits per heavy atom. The lowest BCUT2D eigenvalue weighted by Gasteiger charge is -2.30. The highest BCUT2D eigenvalue weighted by atomic mass is 19.1. The molecule has 0 spiro atoms. The van der Waals surface area contributed by atoms with Gasteiger partial charge in [0, 0.05) is 18.6 Å². The molecule has 0 aliphatic heterocycles. The molecule has 1 aromatic carbocycles. The fourth-order valence-electron chi connectivity index (χ4n) is 2.66. The molecule has 6 heteroatoms. The number of nitriles is 1. The smallest absolute Gasteiger partial charge is 0.319 e. The van der Waals surface area contributed by atoms with Crippen molar-refractivity contribution in [3.05, 3.63) is 29.6 Å². The van der Waals surface area contributed by atoms with Gasteiger partial charge in [-0.2, -0.15) is 5.26 Å². The van der Waals surface area contributed by atoms with Crippen molar-refractivity contribution in [2.45, 2.75) is 31.7 Å². The summed E-state index contributed by atoms with van der Waals surface area (Å²) in [6.45, 7) is 0.0466. The summed E-state index contributed by atoms with van der Waals surface area (Å²) in [5.41, 5.74) is 0.347. The molecule has 2 atom stereocenters. The topological polar surface area (TPSA) is 85.2 Å². The van der Waals surface area contributed by atoms with Gasteiger partial charge < -0.3 is 15.7 Å². The number of nitrogens with one attached hydrogen (secondary N) is 2. The minimum Gasteiger partial charge on any atom is -0.396 e. The zero-order valence-electron chi connectivity index (χ0n) is 11.6. The van der Waals surface area contributed by atoms with E-state index in [1.807, 2.05) is 6.07 Å². The minimum absolute atomic E-state index is 0.0466. The van der Waals surface area contributed by atoms with Crippen molar-refractivity contribution in [2.75, 3.05) is 11.9 Å². The predicted octanol–water partition coefficient (Wildman–Crippen LogP) is 2.37. The Hall–Kier alpha value is -2.13. The van der Waals surface area contributed by atoms with E-state index >= 15 is 0 Å². The summed E-state index contributed by atoms with van der Waals surface area (Å²) in [7, 11) is 0. The second kappa shape index (κ2) is 7.04. The molecule has 2 unspecified atom stereocenters. The molecule has 5 nitrogen and oxygen atoms in total. The van der Waals surface area contributed by atoms with E-state index in [1.165, 1.54) is 12.1 Å². The Morgan fingerprint density at radius 2 is 2.19 bits per heavy atom. The van der Waals surface area contributed by atoms with Crippen LogP contribution in [0.3, 0.4) is 0 Å². The van der Waals surface area contributed by atoms with Gasteiger partial charge in [-0.15, -0.1) is 0 Å². The van der Waals surface area contributed by atoms with Crippen molar-refractivity contribution in [3.8, 4) is 6.07 Å². The number of halogens is 1. The van der Waals surface area contributed by atoms with Crippen LogP contribution >= 0.6 is 0 Å². The molecule has 1 aliphatic rings. The van der Waals surface area contributed by atoms with Crippen molar-refractivity contribution in [3.63, 3.8) is 0 Å². The van der Waals surface area contributed by atoms with E-state index in [-0.39, 0.29) is 29.8 Å². The first-order valence-electron chi connectivity index (χ1n) is 7.02. The van der Waals surface area contributed by atoms with Gasteiger partial charge in [0.25, 0.3) is 0 Å². The number of hydrogen-bond donors (Lipinski definition) is 3. The Bertz CT molecular complexity index is 556. The van der Waals surface area contributed by atoms with Crippen LogP contribution in [-0.2, 0) is 0 Å². The highest BCUT2D eigenvalue weighted by Crippen LogP contribution is 2.24. The summed E-state index contributed by atoms with van der Waals surface area (Å²) in [6.07, 6.45) is 3.79. The second-order valence-corrected chi connectivity index (χ2v) is 5.23. The number of aliphatic hydroxyl groups excluding tert-OH is 1. The lowest BCUT2D eigenvalue weighted by Crippen LogP contribution is -2.45. The number of anilines is 1. The van der Waals surface area contributed by atoms with E-state index in [0.717, 1.165) is 31.7 Å². The highest BCUT2D eigenvalue weighted by molar-refractivity contribution is 5.90. The quantitative estimate of drug-likeness (QED) is 0.799. The third-order valence-electron chi connectivity index (χ3n) is 3.81. The van der Waals surface area contributed by atoms with E-state index in [1.54, 1.807) is 0 Å². The number of carbonyl (C=O) groups is 1. The molecule has 21 heavy (non-hydrogen) atoms. The van der Waals surface area contributed by atoms with Crippen LogP contribution in [0.1, 0.15) is 31.2 Å². The fraction of sp³-hybridized carbons (Fsp3) is 0.467. The molecule has 0 aromatic heterocycles. The van der Waals surface area contributed by atoms with Crippen LogP contribution in [0.15, 0.2) is 18.2 Å². The van der Waals surface area contributed by atoms with E-state index < -0.39 is 11.8 Å². The van der Waals surface area contributed by atoms with Crippen LogP contribution in [0.4, 0.5) is 14.9 Å². The van der Waals surface area contributed by atoms with Gasteiger partial charge in [0.05, 0.1) is 11.3 Å². The van der Waals surface area contributed by atoms with Crippen LogP contribution in [-0.4, -0.2) is 23.8 Å². The van der Waals surface area contributed by atoms with Crippen LogP contribution in [0.5, 0.6) is 0 Å². The maximum absolute atomic E-state index is 13.0. The lowest BCUT2D eigenvalue weighted by atomic mass is 9.85. The zero-order chi connectivity index (χ0) is 15.2. The van der Waals surface area contributed by atoms with Gasteiger partial charge in [-0.05, 0) is 31.0 Å². The number of amides is 2. The first-order chi connectivity index (χ1) is 10.1. The highest BCUT2D eigenvalue weighted by Gasteiger charge is 2.25. The number of aliphatic hydroxyl groups is 1. The van der Waals surface area contributed by atoms with Gasteiger partial charge in [-0.1, -0.05) is 12.8 Å². The standard InChI is InChI=1S/C15H18FN3O2/c16-12-5-6-14(11(7-12)8-17)19-15(21)18-13-4-2-1-3-10(13)9-20/h5-7,10,13,20H,1-4,9H2,(H2,18,19,21). The summed E-state index contributed by atoms with van der Waals surface area (Å²) in [5.74, 6) is -0.460. The van der Waals surface area contributed by atoms with E-state index in [0.29, 0.717) is 0 Å². The van der Waals surface area contributed by atoms with E-state index in [4.69, 9.17) is 5.26 Å². The first-order valence-corrected chi connectivity index (χ1v) is 7.02. The van der Waals surface area contributed by atoms with Crippen molar-refractivity contribution < 1.29 is 14.3 Å². The number of benzene rings is 1. The van der Waals surface area contributed by atoms with Crippen LogP contribution < -0.4 is 10.6 Å². The average Bonchev–Trinajstić information content (AvgIpc) is 2.49. The van der Waals surface area contributed by atoms with Gasteiger partial charge in [-0.25, -0.2) is 9.18 Å². The van der Waals surface area contributed by atoms with Crippen molar-refractivity contribution in [2.24, 2.45) is 5.92 Å². The van der Waals surface area contributed by atoms with Gasteiger partial charge in [0.15, 0.2) is 0 Å². The summed E-state index contributed by atoms with van der Waals surface area (Å²) in [6, 6.07) is 4.95. The molecule has 0 radical (unpaired) electrons. The van der Waals surface area contributed by atoms with Crippen LogP contribution in [0.2, 0.25) is 0 Å². The molecular formula is C15H18FN3O2. The average molecular weight is 291 g/mol. The molecule has 1 aromatic rings. The van der Waals surface area contributed by atoms with E-state index in [9.17, 15) is 14.3 Å². The lowest BCUT2D eigenvalue weighted by molar-refractivity contribution is 0.156. The Morgan fingerprint density at radius 3 is 2.90 bits per heavy atom. The maximum Gasteiger partial charge on any atom is 0.319 e. The van der Waals surface area contributed by atoms with Crippen LogP contribution in [0, 0.1) is 23.1 Å².